The first kappa shape index (κ1) is 35.3. The average Bonchev–Trinajstić information content (AvgIpc) is 3.51. The monoisotopic (exact) mass is 695 g/mol. The molecular weight excluding hydrogens is 678 g/mol. The van der Waals surface area contributed by atoms with Crippen LogP contribution in [0.2, 0.25) is 0 Å². The molecule has 8 nitrogen and oxygen atoms in total. The van der Waals surface area contributed by atoms with Crippen molar-refractivity contribution in [3.63, 3.8) is 0 Å². The lowest BCUT2D eigenvalue weighted by molar-refractivity contribution is -0.142. The number of hydrogen-bond acceptors (Lipinski definition) is 5. The standard InChI is InChI=1S/C17H9F7N4O.C11H8F5N3/c1-28-12(4-13(27-28)17(22,23)24)14-8(18)2-7(3-9(14)19)26-16(29)15-10(20)5-25-6-11(15)21;1-19-8(4-9(18-19)11(14,15)16)10-6(12)2-5(17)3-7(10)13/h2-6H,1H3,(H,26,29);2-4H,17H2,1H3. The van der Waals surface area contributed by atoms with Gasteiger partial charge in [0, 0.05) is 25.5 Å². The van der Waals surface area contributed by atoms with Crippen LogP contribution < -0.4 is 11.1 Å². The summed E-state index contributed by atoms with van der Waals surface area (Å²) in [6.07, 6.45) is -8.36. The van der Waals surface area contributed by atoms with E-state index in [2.05, 4.69) is 15.2 Å². The van der Waals surface area contributed by atoms with Gasteiger partial charge in [-0.15, -0.1) is 0 Å². The Kier molecular flexibility index (Phi) is 9.50. The van der Waals surface area contributed by atoms with E-state index in [1.54, 1.807) is 0 Å². The van der Waals surface area contributed by atoms with E-state index in [0.29, 0.717) is 41.3 Å². The van der Waals surface area contributed by atoms with Crippen LogP contribution in [0, 0.1) is 34.9 Å². The topological polar surface area (TPSA) is 104 Å². The molecule has 3 aromatic heterocycles. The first-order valence-corrected chi connectivity index (χ1v) is 12.8. The maximum absolute atomic E-state index is 14.4. The molecule has 3 N–H and O–H groups in total. The quantitative estimate of drug-likeness (QED) is 0.152. The molecule has 0 saturated heterocycles. The van der Waals surface area contributed by atoms with Crippen LogP contribution in [0.3, 0.4) is 0 Å². The van der Waals surface area contributed by atoms with Crippen LogP contribution in [-0.4, -0.2) is 30.5 Å². The Morgan fingerprint density at radius 3 is 1.38 bits per heavy atom. The number of nitrogens with two attached hydrogens (primary N) is 1. The molecule has 0 aliphatic heterocycles. The van der Waals surface area contributed by atoms with Gasteiger partial charge in [0.25, 0.3) is 5.91 Å². The second kappa shape index (κ2) is 12.9. The molecule has 2 aromatic carbocycles. The molecule has 0 fully saturated rings. The van der Waals surface area contributed by atoms with E-state index in [1.807, 2.05) is 5.32 Å². The number of carbonyl (C=O) groups is 1. The number of rotatable bonds is 4. The first-order valence-electron chi connectivity index (χ1n) is 12.8. The molecule has 48 heavy (non-hydrogen) atoms. The molecule has 5 aromatic rings. The lowest BCUT2D eigenvalue weighted by Crippen LogP contribution is -2.16. The van der Waals surface area contributed by atoms with Crippen molar-refractivity contribution in [2.24, 2.45) is 14.1 Å². The smallest absolute Gasteiger partial charge is 0.399 e. The molecule has 0 spiro atoms. The largest absolute Gasteiger partial charge is 0.435 e. The molecule has 0 unspecified atom stereocenters. The van der Waals surface area contributed by atoms with Gasteiger partial charge in [0.05, 0.1) is 34.9 Å². The number of halogens is 12. The Balaban J connectivity index is 0.000000237. The van der Waals surface area contributed by atoms with Crippen LogP contribution in [0.5, 0.6) is 0 Å². The predicted molar refractivity (Wildman–Crippen MR) is 144 cm³/mol. The third-order valence-electron chi connectivity index (χ3n) is 6.30. The van der Waals surface area contributed by atoms with Gasteiger partial charge in [0.2, 0.25) is 0 Å². The number of amides is 1. The predicted octanol–water partition coefficient (Wildman–Crippen LogP) is 7.28. The van der Waals surface area contributed by atoms with Crippen LogP contribution in [0.1, 0.15) is 21.7 Å². The fourth-order valence-electron chi connectivity index (χ4n) is 4.23. The molecule has 0 aliphatic rings. The number of benzene rings is 2. The zero-order valence-corrected chi connectivity index (χ0v) is 23.9. The lowest BCUT2D eigenvalue weighted by Gasteiger charge is -2.10. The van der Waals surface area contributed by atoms with E-state index < -0.39 is 92.6 Å². The minimum atomic E-state index is -4.82. The van der Waals surface area contributed by atoms with Crippen LogP contribution in [0.15, 0.2) is 48.8 Å². The second-order valence-corrected chi connectivity index (χ2v) is 9.68. The molecule has 0 saturated carbocycles. The van der Waals surface area contributed by atoms with Crippen molar-refractivity contribution in [3.8, 4) is 22.5 Å². The summed E-state index contributed by atoms with van der Waals surface area (Å²) in [5.74, 6) is -8.68. The summed E-state index contributed by atoms with van der Waals surface area (Å²) in [5, 5.41) is 8.27. The maximum atomic E-state index is 14.4. The Bertz CT molecular complexity index is 1950. The number of anilines is 2. The van der Waals surface area contributed by atoms with Gasteiger partial charge in [-0.05, 0) is 36.4 Å². The summed E-state index contributed by atoms with van der Waals surface area (Å²) in [7, 11) is 2.23. The van der Waals surface area contributed by atoms with Crippen LogP contribution in [0.25, 0.3) is 22.5 Å². The maximum Gasteiger partial charge on any atom is 0.435 e. The number of carbonyl (C=O) groups excluding carboxylic acids is 1. The zero-order chi connectivity index (χ0) is 35.9. The van der Waals surface area contributed by atoms with Crippen molar-refractivity contribution in [3.05, 3.63) is 101 Å². The molecule has 3 heterocycles. The Labute approximate surface area is 260 Å². The lowest BCUT2D eigenvalue weighted by atomic mass is 10.1. The number of nitrogen functional groups attached to an aromatic ring is 1. The number of nitrogens with one attached hydrogen (secondary N) is 1. The van der Waals surface area contributed by atoms with Crippen molar-refractivity contribution in [2.45, 2.75) is 12.4 Å². The van der Waals surface area contributed by atoms with Crippen molar-refractivity contribution in [1.82, 2.24) is 24.5 Å². The summed E-state index contributed by atoms with van der Waals surface area (Å²) in [5.41, 5.74) is -1.27. The molecule has 0 atom stereocenters. The summed E-state index contributed by atoms with van der Waals surface area (Å²) in [4.78, 5) is 15.2. The molecular formula is C28H17F12N7O. The van der Waals surface area contributed by atoms with Gasteiger partial charge in [-0.2, -0.15) is 36.5 Å². The number of hydrogen-bond donors (Lipinski definition) is 2. The van der Waals surface area contributed by atoms with Gasteiger partial charge in [0.1, 0.15) is 28.8 Å². The first-order chi connectivity index (χ1) is 22.2. The Morgan fingerprint density at radius 1 is 0.646 bits per heavy atom. The van der Waals surface area contributed by atoms with E-state index in [-0.39, 0.29) is 11.4 Å². The summed E-state index contributed by atoms with van der Waals surface area (Å²) in [6.45, 7) is 0. The third kappa shape index (κ3) is 7.36. The SMILES string of the molecule is Cn1nc(C(F)(F)F)cc1-c1c(F)cc(N)cc1F.Cn1nc(C(F)(F)F)cc1-c1c(F)cc(NC(=O)c2c(F)cncc2F)cc1F. The highest BCUT2D eigenvalue weighted by molar-refractivity contribution is 6.04. The van der Waals surface area contributed by atoms with Gasteiger partial charge >= 0.3 is 12.4 Å². The second-order valence-electron chi connectivity index (χ2n) is 9.68. The molecule has 0 aliphatic carbocycles. The van der Waals surface area contributed by atoms with Gasteiger partial charge in [0.15, 0.2) is 23.0 Å². The number of pyridine rings is 1. The highest BCUT2D eigenvalue weighted by atomic mass is 19.4. The summed E-state index contributed by atoms with van der Waals surface area (Å²) in [6, 6.07) is 3.89. The minimum Gasteiger partial charge on any atom is -0.399 e. The highest BCUT2D eigenvalue weighted by Gasteiger charge is 2.36. The number of aromatic nitrogens is 5. The van der Waals surface area contributed by atoms with Crippen molar-refractivity contribution in [1.29, 1.82) is 0 Å². The molecule has 5 rings (SSSR count). The van der Waals surface area contributed by atoms with Gasteiger partial charge < -0.3 is 11.1 Å². The molecule has 254 valence electrons. The van der Waals surface area contributed by atoms with Crippen LogP contribution in [0.4, 0.5) is 64.1 Å². The fourth-order valence-corrected chi connectivity index (χ4v) is 4.23. The van der Waals surface area contributed by atoms with Crippen molar-refractivity contribution >= 4 is 17.3 Å². The van der Waals surface area contributed by atoms with E-state index in [4.69, 9.17) is 5.73 Å². The van der Waals surface area contributed by atoms with Crippen LogP contribution >= 0.6 is 0 Å². The molecule has 20 heteroatoms. The molecule has 1 amide bonds. The van der Waals surface area contributed by atoms with E-state index in [9.17, 15) is 57.5 Å². The van der Waals surface area contributed by atoms with Crippen LogP contribution in [-0.2, 0) is 26.4 Å². The van der Waals surface area contributed by atoms with E-state index in [1.165, 1.54) is 7.05 Å². The zero-order valence-electron chi connectivity index (χ0n) is 23.9. The normalized spacial score (nSPS) is 11.7. The van der Waals surface area contributed by atoms with Crippen molar-refractivity contribution < 1.29 is 57.5 Å². The summed E-state index contributed by atoms with van der Waals surface area (Å²) >= 11 is 0. The van der Waals surface area contributed by atoms with Gasteiger partial charge in [-0.25, -0.2) is 26.3 Å². The number of aryl methyl sites for hydroxylation is 2. The fraction of sp³-hybridized carbons (Fsp3) is 0.143. The molecule has 0 radical (unpaired) electrons. The highest BCUT2D eigenvalue weighted by Crippen LogP contribution is 2.35. The molecule has 0 bridgehead atoms. The Morgan fingerprint density at radius 2 is 1.02 bits per heavy atom. The van der Waals surface area contributed by atoms with Crippen molar-refractivity contribution in [2.75, 3.05) is 11.1 Å². The third-order valence-corrected chi connectivity index (χ3v) is 6.30. The Hall–Kier alpha value is -5.56. The van der Waals surface area contributed by atoms with Gasteiger partial charge in [-0.3, -0.25) is 19.1 Å². The van der Waals surface area contributed by atoms with E-state index >= 15 is 0 Å². The van der Waals surface area contributed by atoms with Gasteiger partial charge in [-0.1, -0.05) is 0 Å². The number of alkyl halides is 6. The summed E-state index contributed by atoms with van der Waals surface area (Å²) < 4.78 is 160. The van der Waals surface area contributed by atoms with E-state index in [0.717, 1.165) is 23.9 Å². The number of nitrogens with zero attached hydrogens (tertiary/aromatic N) is 5. The minimum absolute atomic E-state index is 0.156. The average molecular weight is 695 g/mol.